The number of rotatable bonds is 5. The van der Waals surface area contributed by atoms with Gasteiger partial charge in [-0.15, -0.1) is 0 Å². The number of anilines is 2. The molecule has 2 aromatic rings. The standard InChI is InChI=1S/C13H14FN3O3S/c14-12-6-9(4-5-13(12)18)8-16-10-2-1-3-11(7-10)17-21(15,19)20/h1-7,16-18H,8H2,(H2,15,19,20). The highest BCUT2D eigenvalue weighted by molar-refractivity contribution is 7.90. The van der Waals surface area contributed by atoms with Gasteiger partial charge in [-0.25, -0.2) is 9.53 Å². The van der Waals surface area contributed by atoms with Gasteiger partial charge >= 0.3 is 0 Å². The van der Waals surface area contributed by atoms with E-state index < -0.39 is 21.8 Å². The molecule has 0 aromatic heterocycles. The summed E-state index contributed by atoms with van der Waals surface area (Å²) in [7, 11) is -3.83. The zero-order valence-corrected chi connectivity index (χ0v) is 11.7. The maximum atomic E-state index is 13.2. The lowest BCUT2D eigenvalue weighted by Gasteiger charge is -2.09. The summed E-state index contributed by atoms with van der Waals surface area (Å²) in [5.41, 5.74) is 1.59. The Labute approximate surface area is 121 Å². The van der Waals surface area contributed by atoms with E-state index in [0.29, 0.717) is 23.5 Å². The molecule has 112 valence electrons. The third-order valence-electron chi connectivity index (χ3n) is 2.63. The Bertz CT molecular complexity index is 750. The van der Waals surface area contributed by atoms with Gasteiger partial charge in [-0.2, -0.15) is 8.42 Å². The van der Waals surface area contributed by atoms with Gasteiger partial charge in [-0.05, 0) is 35.9 Å². The molecule has 0 saturated carbocycles. The van der Waals surface area contributed by atoms with Crippen LogP contribution in [0.2, 0.25) is 0 Å². The summed E-state index contributed by atoms with van der Waals surface area (Å²) in [6, 6.07) is 10.5. The van der Waals surface area contributed by atoms with E-state index in [2.05, 4.69) is 10.0 Å². The van der Waals surface area contributed by atoms with E-state index in [1.165, 1.54) is 12.1 Å². The molecular formula is C13H14FN3O3S. The molecule has 8 heteroatoms. The topological polar surface area (TPSA) is 104 Å². The number of benzene rings is 2. The quantitative estimate of drug-likeness (QED) is 0.675. The van der Waals surface area contributed by atoms with Crippen molar-refractivity contribution in [2.75, 3.05) is 10.0 Å². The second kappa shape index (κ2) is 5.98. The maximum Gasteiger partial charge on any atom is 0.296 e. The second-order valence-electron chi connectivity index (χ2n) is 4.37. The molecule has 0 amide bonds. The van der Waals surface area contributed by atoms with Gasteiger partial charge in [0.1, 0.15) is 0 Å². The number of phenolic OH excluding ortho intramolecular Hbond substituents is 1. The lowest BCUT2D eigenvalue weighted by molar-refractivity contribution is 0.432. The van der Waals surface area contributed by atoms with Gasteiger partial charge in [0.15, 0.2) is 11.6 Å². The Kier molecular flexibility index (Phi) is 4.29. The van der Waals surface area contributed by atoms with Crippen LogP contribution in [-0.2, 0) is 16.8 Å². The molecule has 0 spiro atoms. The molecule has 6 nitrogen and oxygen atoms in total. The van der Waals surface area contributed by atoms with Gasteiger partial charge in [0.2, 0.25) is 0 Å². The van der Waals surface area contributed by atoms with Crippen molar-refractivity contribution in [2.45, 2.75) is 6.54 Å². The molecular weight excluding hydrogens is 297 g/mol. The van der Waals surface area contributed by atoms with Crippen molar-refractivity contribution >= 4 is 21.6 Å². The van der Waals surface area contributed by atoms with Crippen LogP contribution in [0.3, 0.4) is 0 Å². The summed E-state index contributed by atoms with van der Waals surface area (Å²) in [6.07, 6.45) is 0. The van der Waals surface area contributed by atoms with Gasteiger partial charge in [0, 0.05) is 12.2 Å². The molecule has 0 atom stereocenters. The van der Waals surface area contributed by atoms with Crippen LogP contribution in [0.5, 0.6) is 5.75 Å². The van der Waals surface area contributed by atoms with E-state index in [1.807, 2.05) is 0 Å². The van der Waals surface area contributed by atoms with Crippen LogP contribution in [0.25, 0.3) is 0 Å². The lowest BCUT2D eigenvalue weighted by atomic mass is 10.2. The number of phenols is 1. The Morgan fingerprint density at radius 2 is 1.86 bits per heavy atom. The SMILES string of the molecule is NS(=O)(=O)Nc1cccc(NCc2ccc(O)c(F)c2)c1. The Morgan fingerprint density at radius 3 is 2.52 bits per heavy atom. The van der Waals surface area contributed by atoms with Crippen LogP contribution in [0.4, 0.5) is 15.8 Å². The number of nitrogens with two attached hydrogens (primary N) is 1. The predicted molar refractivity (Wildman–Crippen MR) is 78.6 cm³/mol. The molecule has 0 aliphatic heterocycles. The molecule has 0 radical (unpaired) electrons. The summed E-state index contributed by atoms with van der Waals surface area (Å²) < 4.78 is 37.2. The van der Waals surface area contributed by atoms with Gasteiger partial charge in [0.05, 0.1) is 5.69 Å². The zero-order valence-electron chi connectivity index (χ0n) is 10.9. The molecule has 0 saturated heterocycles. The number of aromatic hydroxyl groups is 1. The van der Waals surface area contributed by atoms with Gasteiger partial charge in [-0.3, -0.25) is 4.72 Å². The minimum atomic E-state index is -3.83. The first-order chi connectivity index (χ1) is 9.83. The average molecular weight is 311 g/mol. The normalized spacial score (nSPS) is 11.1. The molecule has 0 heterocycles. The summed E-state index contributed by atoms with van der Waals surface area (Å²) in [6.45, 7) is 0.316. The van der Waals surface area contributed by atoms with Crippen molar-refractivity contribution in [1.29, 1.82) is 0 Å². The van der Waals surface area contributed by atoms with E-state index in [1.54, 1.807) is 30.3 Å². The van der Waals surface area contributed by atoms with Gasteiger partial charge < -0.3 is 10.4 Å². The molecule has 0 fully saturated rings. The Hall–Kier alpha value is -2.32. The number of nitrogens with one attached hydrogen (secondary N) is 2. The fourth-order valence-corrected chi connectivity index (χ4v) is 2.18. The summed E-state index contributed by atoms with van der Waals surface area (Å²) in [5.74, 6) is -1.10. The molecule has 2 aromatic carbocycles. The van der Waals surface area contributed by atoms with Crippen LogP contribution < -0.4 is 15.2 Å². The van der Waals surface area contributed by atoms with Crippen LogP contribution >= 0.6 is 0 Å². The number of hydrogen-bond donors (Lipinski definition) is 4. The monoisotopic (exact) mass is 311 g/mol. The molecule has 0 unspecified atom stereocenters. The predicted octanol–water partition coefficient (Wildman–Crippen LogP) is 1.76. The fourth-order valence-electron chi connectivity index (χ4n) is 1.72. The zero-order chi connectivity index (χ0) is 15.5. The molecule has 2 rings (SSSR count). The minimum Gasteiger partial charge on any atom is -0.505 e. The van der Waals surface area contributed by atoms with Gasteiger partial charge in [-0.1, -0.05) is 12.1 Å². The minimum absolute atomic E-state index is 0.316. The van der Waals surface area contributed by atoms with Crippen LogP contribution in [-0.4, -0.2) is 13.5 Å². The average Bonchev–Trinajstić information content (AvgIpc) is 2.39. The first-order valence-electron chi connectivity index (χ1n) is 5.95. The van der Waals surface area contributed by atoms with Crippen molar-refractivity contribution in [3.63, 3.8) is 0 Å². The summed E-state index contributed by atoms with van der Waals surface area (Å²) in [4.78, 5) is 0. The third kappa shape index (κ3) is 4.62. The van der Waals surface area contributed by atoms with Gasteiger partial charge in [0.25, 0.3) is 10.2 Å². The van der Waals surface area contributed by atoms with Crippen molar-refractivity contribution in [3.05, 3.63) is 53.8 Å². The Balaban J connectivity index is 2.06. The van der Waals surface area contributed by atoms with E-state index in [0.717, 1.165) is 0 Å². The summed E-state index contributed by atoms with van der Waals surface area (Å²) in [5, 5.41) is 17.0. The highest BCUT2D eigenvalue weighted by Crippen LogP contribution is 2.19. The van der Waals surface area contributed by atoms with E-state index >= 15 is 0 Å². The first-order valence-corrected chi connectivity index (χ1v) is 7.50. The first kappa shape index (κ1) is 15.1. The highest BCUT2D eigenvalue weighted by atomic mass is 32.2. The van der Waals surface area contributed by atoms with E-state index in [-0.39, 0.29) is 0 Å². The molecule has 21 heavy (non-hydrogen) atoms. The number of hydrogen-bond acceptors (Lipinski definition) is 4. The van der Waals surface area contributed by atoms with E-state index in [9.17, 15) is 12.8 Å². The third-order valence-corrected chi connectivity index (χ3v) is 3.15. The van der Waals surface area contributed by atoms with Crippen molar-refractivity contribution < 1.29 is 17.9 Å². The Morgan fingerprint density at radius 1 is 1.14 bits per heavy atom. The smallest absolute Gasteiger partial charge is 0.296 e. The van der Waals surface area contributed by atoms with Crippen molar-refractivity contribution in [3.8, 4) is 5.75 Å². The largest absolute Gasteiger partial charge is 0.505 e. The summed E-state index contributed by atoms with van der Waals surface area (Å²) >= 11 is 0. The van der Waals surface area contributed by atoms with Crippen LogP contribution in [0.1, 0.15) is 5.56 Å². The van der Waals surface area contributed by atoms with Crippen molar-refractivity contribution in [2.24, 2.45) is 5.14 Å². The molecule has 0 aliphatic rings. The highest BCUT2D eigenvalue weighted by Gasteiger charge is 2.04. The number of halogens is 1. The second-order valence-corrected chi connectivity index (χ2v) is 5.66. The maximum absolute atomic E-state index is 13.2. The molecule has 5 N–H and O–H groups in total. The van der Waals surface area contributed by atoms with Crippen LogP contribution in [0, 0.1) is 5.82 Å². The molecule has 0 bridgehead atoms. The van der Waals surface area contributed by atoms with E-state index in [4.69, 9.17) is 10.2 Å². The van der Waals surface area contributed by atoms with Crippen LogP contribution in [0.15, 0.2) is 42.5 Å². The fraction of sp³-hybridized carbons (Fsp3) is 0.0769. The van der Waals surface area contributed by atoms with Crippen molar-refractivity contribution in [1.82, 2.24) is 0 Å². The molecule has 0 aliphatic carbocycles. The lowest BCUT2D eigenvalue weighted by Crippen LogP contribution is -2.21.